The van der Waals surface area contributed by atoms with Crippen molar-refractivity contribution in [2.45, 2.75) is 112 Å². The highest BCUT2D eigenvalue weighted by Crippen LogP contribution is 2.38. The fourth-order valence-corrected chi connectivity index (χ4v) is 6.33. The van der Waals surface area contributed by atoms with Gasteiger partial charge in [-0.2, -0.15) is 5.26 Å². The lowest BCUT2D eigenvalue weighted by atomic mass is 9.95. The first kappa shape index (κ1) is 36.1. The average molecular weight is 627 g/mol. The number of aryl methyl sites for hydroxylation is 2. The van der Waals surface area contributed by atoms with Crippen LogP contribution in [-0.2, 0) is 6.42 Å². The summed E-state index contributed by atoms with van der Waals surface area (Å²) in [5.41, 5.74) is 5.74. The van der Waals surface area contributed by atoms with E-state index in [2.05, 4.69) is 103 Å². The predicted octanol–water partition coefficient (Wildman–Crippen LogP) is 13.3. The highest BCUT2D eigenvalue weighted by Gasteiger charge is 2.18. The quantitative estimate of drug-likeness (QED) is 0.117. The normalized spacial score (nSPS) is 13.0. The van der Waals surface area contributed by atoms with Crippen LogP contribution >= 0.6 is 11.3 Å². The fourth-order valence-electron chi connectivity index (χ4n) is 5.58. The molecule has 2 atom stereocenters. The van der Waals surface area contributed by atoms with Crippen LogP contribution in [0.15, 0.2) is 69.0 Å². The predicted molar refractivity (Wildman–Crippen MR) is 192 cm³/mol. The van der Waals surface area contributed by atoms with Crippen LogP contribution in [-0.4, -0.2) is 13.1 Å². The molecule has 45 heavy (non-hydrogen) atoms. The minimum absolute atomic E-state index is 0.462. The van der Waals surface area contributed by atoms with Crippen LogP contribution < -0.4 is 4.90 Å². The Labute approximate surface area is 276 Å². The van der Waals surface area contributed by atoms with Gasteiger partial charge >= 0.3 is 0 Å². The molecule has 1 heterocycles. The molecule has 3 aromatic rings. The van der Waals surface area contributed by atoms with Gasteiger partial charge in [0.25, 0.3) is 0 Å². The SMILES string of the molecule is CCCCc1ccc(N=Nc2cc(C#N)c(N=Nc3ccc(N(CC(CC)CCCC)CC(CC)CCCC)cc3C)s2)cc1. The van der Waals surface area contributed by atoms with E-state index in [1.807, 2.05) is 12.1 Å². The van der Waals surface area contributed by atoms with Crippen LogP contribution in [0.2, 0.25) is 0 Å². The van der Waals surface area contributed by atoms with Gasteiger partial charge in [0, 0.05) is 18.8 Å². The number of benzene rings is 2. The second-order valence-corrected chi connectivity index (χ2v) is 13.3. The Morgan fingerprint density at radius 1 is 0.756 bits per heavy atom. The van der Waals surface area contributed by atoms with Gasteiger partial charge in [0.1, 0.15) is 11.1 Å². The third kappa shape index (κ3) is 11.8. The van der Waals surface area contributed by atoms with Gasteiger partial charge in [0.05, 0.1) is 16.9 Å². The molecule has 0 bridgehead atoms. The lowest BCUT2D eigenvalue weighted by Crippen LogP contribution is -2.34. The zero-order valence-corrected chi connectivity index (χ0v) is 29.4. The number of hydrogen-bond acceptors (Lipinski definition) is 7. The van der Waals surface area contributed by atoms with E-state index in [4.69, 9.17) is 0 Å². The van der Waals surface area contributed by atoms with Crippen molar-refractivity contribution in [3.63, 3.8) is 0 Å². The number of thiophene rings is 1. The smallest absolute Gasteiger partial charge is 0.158 e. The summed E-state index contributed by atoms with van der Waals surface area (Å²) in [6.45, 7) is 15.7. The lowest BCUT2D eigenvalue weighted by Gasteiger charge is -2.33. The van der Waals surface area contributed by atoms with E-state index in [9.17, 15) is 5.26 Å². The summed E-state index contributed by atoms with van der Waals surface area (Å²) in [7, 11) is 0. The van der Waals surface area contributed by atoms with Gasteiger partial charge in [-0.25, -0.2) is 0 Å². The number of azo groups is 2. The molecule has 3 rings (SSSR count). The molecule has 1 aromatic heterocycles. The van der Waals surface area contributed by atoms with E-state index in [1.54, 1.807) is 6.07 Å². The Morgan fingerprint density at radius 3 is 1.96 bits per heavy atom. The maximum atomic E-state index is 9.74. The fraction of sp³-hybridized carbons (Fsp3) is 0.553. The van der Waals surface area contributed by atoms with Gasteiger partial charge in [0.15, 0.2) is 5.00 Å². The minimum atomic E-state index is 0.462. The Morgan fingerprint density at radius 2 is 1.40 bits per heavy atom. The molecule has 0 spiro atoms. The summed E-state index contributed by atoms with van der Waals surface area (Å²) >= 11 is 1.33. The van der Waals surface area contributed by atoms with Gasteiger partial charge in [-0.15, -0.1) is 20.5 Å². The number of hydrogen-bond donors (Lipinski definition) is 0. The van der Waals surface area contributed by atoms with Crippen LogP contribution in [0.1, 0.15) is 116 Å². The van der Waals surface area contributed by atoms with E-state index in [1.165, 1.54) is 86.8 Å². The average Bonchev–Trinajstić information content (AvgIpc) is 3.47. The lowest BCUT2D eigenvalue weighted by molar-refractivity contribution is 0.403. The molecule has 0 amide bonds. The van der Waals surface area contributed by atoms with E-state index < -0.39 is 0 Å². The van der Waals surface area contributed by atoms with E-state index >= 15 is 0 Å². The van der Waals surface area contributed by atoms with Gasteiger partial charge in [-0.05, 0) is 92.0 Å². The molecule has 2 aromatic carbocycles. The van der Waals surface area contributed by atoms with Crippen molar-refractivity contribution < 1.29 is 0 Å². The van der Waals surface area contributed by atoms with Crippen LogP contribution in [0.25, 0.3) is 0 Å². The maximum Gasteiger partial charge on any atom is 0.158 e. The summed E-state index contributed by atoms with van der Waals surface area (Å²) in [6, 6.07) is 18.7. The Kier molecular flexibility index (Phi) is 16.0. The van der Waals surface area contributed by atoms with Crippen molar-refractivity contribution in [2.24, 2.45) is 32.3 Å². The van der Waals surface area contributed by atoms with Crippen LogP contribution in [0, 0.1) is 30.1 Å². The highest BCUT2D eigenvalue weighted by atomic mass is 32.1. The summed E-state index contributed by atoms with van der Waals surface area (Å²) in [5, 5.41) is 28.8. The molecule has 0 fully saturated rings. The largest absolute Gasteiger partial charge is 0.371 e. The Balaban J connectivity index is 1.77. The summed E-state index contributed by atoms with van der Waals surface area (Å²) in [4.78, 5) is 2.63. The van der Waals surface area contributed by atoms with E-state index in [0.717, 1.165) is 36.4 Å². The molecule has 0 saturated heterocycles. The summed E-state index contributed by atoms with van der Waals surface area (Å²) < 4.78 is 0. The Bertz CT molecular complexity index is 1370. The summed E-state index contributed by atoms with van der Waals surface area (Å²) in [6.07, 6.45) is 13.5. The molecule has 242 valence electrons. The van der Waals surface area contributed by atoms with Crippen molar-refractivity contribution in [3.05, 3.63) is 65.2 Å². The molecular formula is C38H54N6S. The molecule has 0 saturated carbocycles. The minimum Gasteiger partial charge on any atom is -0.371 e. The van der Waals surface area contributed by atoms with Crippen LogP contribution in [0.4, 0.5) is 27.1 Å². The van der Waals surface area contributed by atoms with Crippen molar-refractivity contribution in [3.8, 4) is 6.07 Å². The molecule has 2 unspecified atom stereocenters. The molecule has 0 radical (unpaired) electrons. The molecule has 0 N–H and O–H groups in total. The zero-order chi connectivity index (χ0) is 32.4. The first-order valence-electron chi connectivity index (χ1n) is 17.3. The molecule has 6 nitrogen and oxygen atoms in total. The molecule has 7 heteroatoms. The molecule has 0 aliphatic carbocycles. The first-order chi connectivity index (χ1) is 21.9. The van der Waals surface area contributed by atoms with Crippen molar-refractivity contribution in [1.29, 1.82) is 5.26 Å². The van der Waals surface area contributed by atoms with E-state index in [-0.39, 0.29) is 0 Å². The number of anilines is 1. The zero-order valence-electron chi connectivity index (χ0n) is 28.6. The van der Waals surface area contributed by atoms with Crippen molar-refractivity contribution >= 4 is 38.4 Å². The van der Waals surface area contributed by atoms with Gasteiger partial charge in [0.2, 0.25) is 0 Å². The number of unbranched alkanes of at least 4 members (excludes halogenated alkanes) is 3. The Hall–Kier alpha value is -3.37. The summed E-state index contributed by atoms with van der Waals surface area (Å²) in [5.74, 6) is 1.40. The third-order valence-corrected chi connectivity index (χ3v) is 9.58. The molecule has 0 aliphatic rings. The monoisotopic (exact) mass is 626 g/mol. The number of rotatable bonds is 20. The van der Waals surface area contributed by atoms with Crippen LogP contribution in [0.3, 0.4) is 0 Å². The topological polar surface area (TPSA) is 76.5 Å². The molecule has 0 aliphatic heterocycles. The number of nitriles is 1. The second-order valence-electron chi connectivity index (χ2n) is 12.3. The van der Waals surface area contributed by atoms with Gasteiger partial charge in [-0.1, -0.05) is 103 Å². The number of nitrogens with zero attached hydrogens (tertiary/aromatic N) is 6. The van der Waals surface area contributed by atoms with Crippen LogP contribution in [0.5, 0.6) is 0 Å². The van der Waals surface area contributed by atoms with Crippen molar-refractivity contribution in [1.82, 2.24) is 0 Å². The van der Waals surface area contributed by atoms with Crippen molar-refractivity contribution in [2.75, 3.05) is 18.0 Å². The third-order valence-electron chi connectivity index (χ3n) is 8.68. The van der Waals surface area contributed by atoms with Gasteiger partial charge < -0.3 is 4.90 Å². The maximum absolute atomic E-state index is 9.74. The van der Waals surface area contributed by atoms with E-state index in [0.29, 0.717) is 27.4 Å². The van der Waals surface area contributed by atoms with Gasteiger partial charge in [-0.3, -0.25) is 0 Å². The highest BCUT2D eigenvalue weighted by molar-refractivity contribution is 7.19. The molecular weight excluding hydrogens is 573 g/mol. The second kappa shape index (κ2) is 19.9. The standard InChI is InChI=1S/C38H54N6S/c1-7-12-15-30(10-4)27-44(28-31(11-5)16-13-8-2)35-22-23-36(29(6)24-35)41-43-38-33(26-39)25-37(45-38)42-40-34-20-18-32(19-21-34)17-14-9-3/h18-25,30-31H,7-17,27-28H2,1-6H3. The first-order valence-corrected chi connectivity index (χ1v) is 18.1.